The molecule has 1 N–H and O–H groups in total. The number of ether oxygens (including phenoxy) is 1. The molecule has 2 saturated heterocycles. The molecule has 0 aromatic carbocycles. The number of hydrogen-bond acceptors (Lipinski definition) is 3. The van der Waals surface area contributed by atoms with E-state index in [-0.39, 0.29) is 0 Å². The highest BCUT2D eigenvalue weighted by atomic mass is 16.5. The van der Waals surface area contributed by atoms with Crippen LogP contribution in [0, 0.1) is 11.8 Å². The molecule has 0 aromatic rings. The summed E-state index contributed by atoms with van der Waals surface area (Å²) in [4.78, 5) is 2.48. The van der Waals surface area contributed by atoms with Crippen LogP contribution in [0.15, 0.2) is 0 Å². The summed E-state index contributed by atoms with van der Waals surface area (Å²) in [5.41, 5.74) is -0.467. The highest BCUT2D eigenvalue weighted by molar-refractivity contribution is 4.84. The second-order valence-electron chi connectivity index (χ2n) is 6.49. The van der Waals surface area contributed by atoms with Crippen LogP contribution >= 0.6 is 0 Å². The monoisotopic (exact) mass is 269 g/mol. The van der Waals surface area contributed by atoms with Crippen molar-refractivity contribution in [2.75, 3.05) is 32.8 Å². The fourth-order valence-electron chi connectivity index (χ4n) is 3.66. The van der Waals surface area contributed by atoms with E-state index in [2.05, 4.69) is 18.7 Å². The van der Waals surface area contributed by atoms with Crippen LogP contribution in [0.3, 0.4) is 0 Å². The lowest BCUT2D eigenvalue weighted by Crippen LogP contribution is -2.46. The molecular weight excluding hydrogens is 238 g/mol. The molecule has 2 aliphatic heterocycles. The number of likely N-dealkylation sites (tertiary alicyclic amines) is 1. The van der Waals surface area contributed by atoms with Crippen molar-refractivity contribution in [3.63, 3.8) is 0 Å². The third kappa shape index (κ3) is 4.17. The molecule has 3 nitrogen and oxygen atoms in total. The van der Waals surface area contributed by atoms with Gasteiger partial charge in [0.05, 0.1) is 5.60 Å². The van der Waals surface area contributed by atoms with Gasteiger partial charge in [-0.3, -0.25) is 0 Å². The maximum atomic E-state index is 10.4. The molecule has 0 atom stereocenters. The van der Waals surface area contributed by atoms with E-state index in [0.29, 0.717) is 0 Å². The van der Waals surface area contributed by atoms with Gasteiger partial charge in [0.2, 0.25) is 0 Å². The van der Waals surface area contributed by atoms with Crippen LogP contribution in [-0.2, 0) is 4.74 Å². The van der Waals surface area contributed by atoms with E-state index < -0.39 is 5.60 Å². The molecule has 19 heavy (non-hydrogen) atoms. The van der Waals surface area contributed by atoms with E-state index in [1.165, 1.54) is 38.8 Å². The molecule has 112 valence electrons. The molecule has 0 unspecified atom stereocenters. The molecule has 2 heterocycles. The lowest BCUT2D eigenvalue weighted by molar-refractivity contribution is -0.0200. The van der Waals surface area contributed by atoms with Crippen LogP contribution in [0.1, 0.15) is 52.4 Å². The average Bonchev–Trinajstić information content (AvgIpc) is 2.49. The van der Waals surface area contributed by atoms with Gasteiger partial charge in [0.1, 0.15) is 0 Å². The summed E-state index contributed by atoms with van der Waals surface area (Å²) in [5, 5.41) is 10.4. The van der Waals surface area contributed by atoms with E-state index in [1.807, 2.05) is 0 Å². The summed E-state index contributed by atoms with van der Waals surface area (Å²) in [6.07, 6.45) is 6.88. The van der Waals surface area contributed by atoms with Crippen molar-refractivity contribution in [2.45, 2.75) is 58.0 Å². The summed E-state index contributed by atoms with van der Waals surface area (Å²) >= 11 is 0. The predicted octanol–water partition coefficient (Wildman–Crippen LogP) is 2.68. The lowest BCUT2D eigenvalue weighted by atomic mass is 9.79. The Morgan fingerprint density at radius 3 is 2.05 bits per heavy atom. The molecule has 0 spiro atoms. The number of piperidine rings is 1. The fraction of sp³-hybridized carbons (Fsp3) is 1.00. The van der Waals surface area contributed by atoms with Gasteiger partial charge in [-0.05, 0) is 63.5 Å². The first kappa shape index (κ1) is 15.3. The summed E-state index contributed by atoms with van der Waals surface area (Å²) in [6, 6.07) is 0. The second-order valence-corrected chi connectivity index (χ2v) is 6.49. The lowest BCUT2D eigenvalue weighted by Gasteiger charge is -2.40. The molecule has 0 aromatic heterocycles. The van der Waals surface area contributed by atoms with Crippen molar-refractivity contribution >= 4 is 0 Å². The number of nitrogens with zero attached hydrogens (tertiary/aromatic N) is 1. The number of rotatable bonds is 5. The minimum atomic E-state index is -0.467. The summed E-state index contributed by atoms with van der Waals surface area (Å²) in [7, 11) is 0. The first-order chi connectivity index (χ1) is 9.17. The Morgan fingerprint density at radius 2 is 1.53 bits per heavy atom. The quantitative estimate of drug-likeness (QED) is 0.833. The van der Waals surface area contributed by atoms with Gasteiger partial charge in [-0.15, -0.1) is 0 Å². The molecule has 0 saturated carbocycles. The maximum Gasteiger partial charge on any atom is 0.0768 e. The first-order valence-corrected chi connectivity index (χ1v) is 8.19. The zero-order valence-corrected chi connectivity index (χ0v) is 12.7. The maximum absolute atomic E-state index is 10.4. The molecule has 0 bridgehead atoms. The van der Waals surface area contributed by atoms with Crippen molar-refractivity contribution in [2.24, 2.45) is 11.8 Å². The minimum absolute atomic E-state index is 0.467. The molecular formula is C16H31NO2. The Labute approximate surface area is 118 Å². The minimum Gasteiger partial charge on any atom is -0.389 e. The van der Waals surface area contributed by atoms with Gasteiger partial charge in [-0.1, -0.05) is 13.8 Å². The van der Waals surface area contributed by atoms with Gasteiger partial charge in [0.25, 0.3) is 0 Å². The van der Waals surface area contributed by atoms with E-state index in [0.717, 1.165) is 44.4 Å². The smallest absolute Gasteiger partial charge is 0.0768 e. The summed E-state index contributed by atoms with van der Waals surface area (Å²) in [6.45, 7) is 9.33. The van der Waals surface area contributed by atoms with E-state index in [9.17, 15) is 5.11 Å². The van der Waals surface area contributed by atoms with Crippen LogP contribution in [0.2, 0.25) is 0 Å². The molecule has 0 amide bonds. The normalized spacial score (nSPS) is 24.8. The second kappa shape index (κ2) is 7.05. The van der Waals surface area contributed by atoms with Gasteiger partial charge in [-0.25, -0.2) is 0 Å². The Balaban J connectivity index is 1.75. The molecule has 2 rings (SSSR count). The Bertz CT molecular complexity index is 251. The van der Waals surface area contributed by atoms with Crippen molar-refractivity contribution in [1.29, 1.82) is 0 Å². The molecule has 3 heteroatoms. The van der Waals surface area contributed by atoms with Crippen molar-refractivity contribution < 1.29 is 9.84 Å². The fourth-order valence-corrected chi connectivity index (χ4v) is 3.66. The topological polar surface area (TPSA) is 32.7 Å². The zero-order valence-electron chi connectivity index (χ0n) is 12.7. The van der Waals surface area contributed by atoms with Crippen LogP contribution in [0.5, 0.6) is 0 Å². The summed E-state index contributed by atoms with van der Waals surface area (Å²) < 4.78 is 5.46. The van der Waals surface area contributed by atoms with Crippen molar-refractivity contribution in [1.82, 2.24) is 4.90 Å². The van der Waals surface area contributed by atoms with Gasteiger partial charge in [0, 0.05) is 19.8 Å². The number of hydrogen-bond donors (Lipinski definition) is 1. The van der Waals surface area contributed by atoms with Crippen LogP contribution in [0.4, 0.5) is 0 Å². The third-order valence-electron chi connectivity index (χ3n) is 5.40. The average molecular weight is 269 g/mol. The van der Waals surface area contributed by atoms with Gasteiger partial charge in [0.15, 0.2) is 0 Å². The van der Waals surface area contributed by atoms with E-state index >= 15 is 0 Å². The third-order valence-corrected chi connectivity index (χ3v) is 5.40. The largest absolute Gasteiger partial charge is 0.389 e. The Kier molecular flexibility index (Phi) is 5.67. The first-order valence-electron chi connectivity index (χ1n) is 8.19. The van der Waals surface area contributed by atoms with E-state index in [4.69, 9.17) is 4.74 Å². The predicted molar refractivity (Wildman–Crippen MR) is 78.2 cm³/mol. The van der Waals surface area contributed by atoms with Crippen molar-refractivity contribution in [3.8, 4) is 0 Å². The molecule has 0 aliphatic carbocycles. The van der Waals surface area contributed by atoms with Gasteiger partial charge >= 0.3 is 0 Å². The number of aliphatic hydroxyl groups is 1. The van der Waals surface area contributed by atoms with Crippen LogP contribution in [-0.4, -0.2) is 48.5 Å². The highest BCUT2D eigenvalue weighted by Crippen LogP contribution is 2.32. The van der Waals surface area contributed by atoms with Gasteiger partial charge < -0.3 is 14.7 Å². The Hall–Kier alpha value is -0.120. The van der Waals surface area contributed by atoms with Gasteiger partial charge in [-0.2, -0.15) is 0 Å². The SMILES string of the molecule is CCC(O)(CC)CN1CCC(C2CCOCC2)CC1. The standard InChI is InChI=1S/C16H31NO2/c1-3-16(18,4-2)13-17-9-5-14(6-10-17)15-7-11-19-12-8-15/h14-15,18H,3-13H2,1-2H3. The molecule has 0 radical (unpaired) electrons. The van der Waals surface area contributed by atoms with Crippen molar-refractivity contribution in [3.05, 3.63) is 0 Å². The highest BCUT2D eigenvalue weighted by Gasteiger charge is 2.31. The zero-order chi connectivity index (χ0) is 13.7. The molecule has 2 aliphatic rings. The van der Waals surface area contributed by atoms with Crippen LogP contribution < -0.4 is 0 Å². The Morgan fingerprint density at radius 1 is 1.00 bits per heavy atom. The van der Waals surface area contributed by atoms with Crippen LogP contribution in [0.25, 0.3) is 0 Å². The number of β-amino-alcohol motifs (C(OH)–C–C–N with tert-alkyl or cyclic N) is 1. The summed E-state index contributed by atoms with van der Waals surface area (Å²) in [5.74, 6) is 1.80. The van der Waals surface area contributed by atoms with E-state index in [1.54, 1.807) is 0 Å². The molecule has 2 fully saturated rings.